The Morgan fingerprint density at radius 3 is 2.52 bits per heavy atom. The van der Waals surface area contributed by atoms with Gasteiger partial charge in [-0.25, -0.2) is 8.42 Å². The van der Waals surface area contributed by atoms with Crippen LogP contribution in [0.1, 0.15) is 13.8 Å². The molecule has 3 aromatic rings. The largest absolute Gasteiger partial charge is 0.320 e. The zero-order valence-electron chi connectivity index (χ0n) is 11.8. The molecular formula is C16H15NO3S. The first kappa shape index (κ1) is 13.8. The third-order valence-corrected chi connectivity index (χ3v) is 5.80. The molecule has 2 heterocycles. The van der Waals surface area contributed by atoms with Gasteiger partial charge in [-0.2, -0.15) is 0 Å². The first-order valence-corrected chi connectivity index (χ1v) is 8.23. The van der Waals surface area contributed by atoms with E-state index >= 15 is 0 Å². The van der Waals surface area contributed by atoms with Gasteiger partial charge in [0.25, 0.3) is 0 Å². The number of sulfone groups is 1. The van der Waals surface area contributed by atoms with Gasteiger partial charge in [-0.05, 0) is 49.6 Å². The molecule has 0 radical (unpaired) electrons. The summed E-state index contributed by atoms with van der Waals surface area (Å²) in [4.78, 5) is 12.8. The lowest BCUT2D eigenvalue weighted by Gasteiger charge is -2.07. The maximum Gasteiger partial charge on any atom is 0.210 e. The van der Waals surface area contributed by atoms with Crippen molar-refractivity contribution >= 4 is 26.1 Å². The molecule has 0 saturated carbocycles. The lowest BCUT2D eigenvalue weighted by atomic mass is 10.2. The highest BCUT2D eigenvalue weighted by Gasteiger charge is 2.19. The fraction of sp³-hybridized carbons (Fsp3) is 0.188. The topological polar surface area (TPSA) is 55.6 Å². The van der Waals surface area contributed by atoms with Crippen molar-refractivity contribution in [1.29, 1.82) is 0 Å². The minimum atomic E-state index is -3.39. The number of aromatic nitrogens is 1. The van der Waals surface area contributed by atoms with E-state index in [1.165, 1.54) is 6.07 Å². The van der Waals surface area contributed by atoms with Crippen LogP contribution in [-0.2, 0) is 9.84 Å². The molecule has 0 aliphatic rings. The van der Waals surface area contributed by atoms with Crippen LogP contribution in [-0.4, -0.2) is 18.1 Å². The smallest absolute Gasteiger partial charge is 0.210 e. The third kappa shape index (κ3) is 2.14. The summed E-state index contributed by atoms with van der Waals surface area (Å²) in [7, 11) is -3.39. The second kappa shape index (κ2) is 4.70. The van der Waals surface area contributed by atoms with Crippen LogP contribution in [0.15, 0.2) is 58.5 Å². The molecule has 4 nitrogen and oxygen atoms in total. The van der Waals surface area contributed by atoms with Crippen molar-refractivity contribution in [3.63, 3.8) is 0 Å². The Balaban J connectivity index is 2.44. The zero-order chi connectivity index (χ0) is 15.2. The van der Waals surface area contributed by atoms with Gasteiger partial charge in [-0.1, -0.05) is 6.07 Å². The molecule has 0 aliphatic carbocycles. The monoisotopic (exact) mass is 301 g/mol. The fourth-order valence-electron chi connectivity index (χ4n) is 2.34. The number of hydrogen-bond donors (Lipinski definition) is 0. The SMILES string of the molecule is CC(C)S(=O)(=O)c1ccc2ccn3cccc3c(=O)c2c1. The highest BCUT2D eigenvalue weighted by atomic mass is 32.2. The van der Waals surface area contributed by atoms with Crippen LogP contribution in [0.5, 0.6) is 0 Å². The van der Waals surface area contributed by atoms with E-state index in [0.717, 1.165) is 5.39 Å². The molecule has 1 aromatic carbocycles. The average Bonchev–Trinajstić information content (AvgIpc) is 2.87. The van der Waals surface area contributed by atoms with Crippen LogP contribution in [0.25, 0.3) is 16.3 Å². The Hall–Kier alpha value is -2.14. The van der Waals surface area contributed by atoms with Gasteiger partial charge in [0.05, 0.1) is 15.7 Å². The molecule has 21 heavy (non-hydrogen) atoms. The second-order valence-electron chi connectivity index (χ2n) is 5.29. The molecule has 0 atom stereocenters. The predicted molar refractivity (Wildman–Crippen MR) is 83.5 cm³/mol. The first-order chi connectivity index (χ1) is 9.91. The first-order valence-electron chi connectivity index (χ1n) is 6.69. The van der Waals surface area contributed by atoms with Crippen LogP contribution >= 0.6 is 0 Å². The summed E-state index contributed by atoms with van der Waals surface area (Å²) < 4.78 is 26.3. The summed E-state index contributed by atoms with van der Waals surface area (Å²) >= 11 is 0. The quantitative estimate of drug-likeness (QED) is 0.731. The average molecular weight is 301 g/mol. The fourth-order valence-corrected chi connectivity index (χ4v) is 3.43. The zero-order valence-corrected chi connectivity index (χ0v) is 12.6. The molecule has 0 aliphatic heterocycles. The standard InChI is InChI=1S/C16H15NO3S/c1-11(2)21(19,20)13-6-5-12-7-9-17-8-3-4-15(17)16(18)14(12)10-13/h3-11H,1-2H3. The summed E-state index contributed by atoms with van der Waals surface area (Å²) in [5.41, 5.74) is 0.366. The van der Waals surface area contributed by atoms with E-state index in [0.29, 0.717) is 10.9 Å². The minimum absolute atomic E-state index is 0.166. The van der Waals surface area contributed by atoms with Gasteiger partial charge in [0, 0.05) is 17.8 Å². The van der Waals surface area contributed by atoms with Crippen molar-refractivity contribution in [2.45, 2.75) is 24.0 Å². The van der Waals surface area contributed by atoms with E-state index in [1.54, 1.807) is 54.9 Å². The van der Waals surface area contributed by atoms with Gasteiger partial charge in [-0.3, -0.25) is 4.79 Å². The lowest BCUT2D eigenvalue weighted by Crippen LogP contribution is -2.14. The molecule has 108 valence electrons. The van der Waals surface area contributed by atoms with E-state index in [1.807, 2.05) is 6.07 Å². The normalized spacial score (nSPS) is 12.3. The molecule has 2 aromatic heterocycles. The lowest BCUT2D eigenvalue weighted by molar-refractivity contribution is 0.587. The van der Waals surface area contributed by atoms with Crippen molar-refractivity contribution in [3.05, 3.63) is 59.0 Å². The molecule has 0 amide bonds. The molecule has 5 heteroatoms. The van der Waals surface area contributed by atoms with Crippen molar-refractivity contribution in [1.82, 2.24) is 4.40 Å². The van der Waals surface area contributed by atoms with Gasteiger partial charge >= 0.3 is 0 Å². The van der Waals surface area contributed by atoms with Crippen LogP contribution in [0, 0.1) is 0 Å². The van der Waals surface area contributed by atoms with E-state index in [-0.39, 0.29) is 10.3 Å². The molecule has 0 spiro atoms. The summed E-state index contributed by atoms with van der Waals surface area (Å²) in [6.45, 7) is 3.27. The second-order valence-corrected chi connectivity index (χ2v) is 7.79. The summed E-state index contributed by atoms with van der Waals surface area (Å²) in [6, 6.07) is 10.1. The molecule has 0 unspecified atom stereocenters. The molecular weight excluding hydrogens is 286 g/mol. The van der Waals surface area contributed by atoms with Crippen molar-refractivity contribution < 1.29 is 8.42 Å². The molecule has 0 bridgehead atoms. The minimum Gasteiger partial charge on any atom is -0.320 e. The Bertz CT molecular complexity index is 1000. The van der Waals surface area contributed by atoms with Crippen LogP contribution in [0.4, 0.5) is 0 Å². The Morgan fingerprint density at radius 1 is 1.05 bits per heavy atom. The van der Waals surface area contributed by atoms with E-state index in [4.69, 9.17) is 0 Å². The van der Waals surface area contributed by atoms with E-state index < -0.39 is 15.1 Å². The van der Waals surface area contributed by atoms with Gasteiger partial charge in [0.1, 0.15) is 0 Å². The van der Waals surface area contributed by atoms with Crippen LogP contribution in [0.2, 0.25) is 0 Å². The van der Waals surface area contributed by atoms with E-state index in [2.05, 4.69) is 0 Å². The van der Waals surface area contributed by atoms with Crippen molar-refractivity contribution in [2.24, 2.45) is 0 Å². The summed E-state index contributed by atoms with van der Waals surface area (Å²) in [5.74, 6) is 0. The number of rotatable bonds is 2. The van der Waals surface area contributed by atoms with Gasteiger partial charge in [0.15, 0.2) is 9.84 Å². The van der Waals surface area contributed by atoms with Crippen LogP contribution < -0.4 is 5.43 Å². The molecule has 3 rings (SSSR count). The van der Waals surface area contributed by atoms with Gasteiger partial charge in [-0.15, -0.1) is 0 Å². The number of fused-ring (bicyclic) bond motifs is 2. The van der Waals surface area contributed by atoms with Crippen molar-refractivity contribution in [3.8, 4) is 0 Å². The van der Waals surface area contributed by atoms with Gasteiger partial charge < -0.3 is 4.40 Å². The van der Waals surface area contributed by atoms with Gasteiger partial charge in [0.2, 0.25) is 5.43 Å². The number of benzene rings is 1. The number of hydrogen-bond acceptors (Lipinski definition) is 3. The Kier molecular flexibility index (Phi) is 3.10. The van der Waals surface area contributed by atoms with Crippen molar-refractivity contribution in [2.75, 3.05) is 0 Å². The Labute approximate surface area is 122 Å². The maximum absolute atomic E-state index is 12.6. The number of nitrogens with zero attached hydrogens (tertiary/aromatic N) is 1. The van der Waals surface area contributed by atoms with Crippen LogP contribution in [0.3, 0.4) is 0 Å². The molecule has 0 saturated heterocycles. The third-order valence-electron chi connectivity index (χ3n) is 3.64. The molecule has 0 N–H and O–H groups in total. The maximum atomic E-state index is 12.6. The summed E-state index contributed by atoms with van der Waals surface area (Å²) in [6.07, 6.45) is 3.59. The summed E-state index contributed by atoms with van der Waals surface area (Å²) in [5, 5.41) is 0.632. The Morgan fingerprint density at radius 2 is 1.81 bits per heavy atom. The highest BCUT2D eigenvalue weighted by Crippen LogP contribution is 2.20. The predicted octanol–water partition coefficient (Wildman–Crippen LogP) is 2.63. The highest BCUT2D eigenvalue weighted by molar-refractivity contribution is 7.92. The molecule has 0 fully saturated rings. The van der Waals surface area contributed by atoms with E-state index in [9.17, 15) is 13.2 Å².